The van der Waals surface area contributed by atoms with E-state index < -0.39 is 12.1 Å². The van der Waals surface area contributed by atoms with Crippen LogP contribution in [0.3, 0.4) is 0 Å². The maximum atomic E-state index is 13.1. The second-order valence-electron chi connectivity index (χ2n) is 8.86. The number of anilines is 1. The van der Waals surface area contributed by atoms with Crippen LogP contribution in [0.1, 0.15) is 41.9 Å². The van der Waals surface area contributed by atoms with Crippen molar-refractivity contribution in [2.45, 2.75) is 38.1 Å². The second kappa shape index (κ2) is 9.10. The van der Waals surface area contributed by atoms with Crippen LogP contribution in [0.25, 0.3) is 11.1 Å². The largest absolute Gasteiger partial charge is 0.448 e. The van der Waals surface area contributed by atoms with Crippen molar-refractivity contribution in [3.8, 4) is 11.1 Å². The third kappa shape index (κ3) is 4.23. The predicted molar refractivity (Wildman–Crippen MR) is 129 cm³/mol. The number of likely N-dealkylation sites (tertiary alicyclic amines) is 1. The Hall–Kier alpha value is -3.60. The summed E-state index contributed by atoms with van der Waals surface area (Å²) in [5, 5.41) is 2.96. The third-order valence-corrected chi connectivity index (χ3v) is 6.70. The summed E-state index contributed by atoms with van der Waals surface area (Å²) in [4.78, 5) is 27.7. The number of amides is 2. The highest BCUT2D eigenvalue weighted by atomic mass is 16.6. The van der Waals surface area contributed by atoms with Gasteiger partial charge in [-0.25, -0.2) is 4.79 Å². The first-order valence-electron chi connectivity index (χ1n) is 11.6. The molecule has 1 heterocycles. The van der Waals surface area contributed by atoms with Crippen molar-refractivity contribution < 1.29 is 14.3 Å². The molecule has 5 rings (SSSR count). The Kier molecular flexibility index (Phi) is 5.86. The van der Waals surface area contributed by atoms with Crippen molar-refractivity contribution in [2.24, 2.45) is 0 Å². The molecule has 0 spiro atoms. The van der Waals surface area contributed by atoms with E-state index in [1.165, 1.54) is 22.3 Å². The highest BCUT2D eigenvalue weighted by Gasteiger charge is 2.35. The van der Waals surface area contributed by atoms with Crippen molar-refractivity contribution in [1.29, 1.82) is 0 Å². The van der Waals surface area contributed by atoms with Crippen LogP contribution in [0.4, 0.5) is 10.5 Å². The highest BCUT2D eigenvalue weighted by Crippen LogP contribution is 2.44. The third-order valence-electron chi connectivity index (χ3n) is 6.70. The first-order chi connectivity index (χ1) is 16.1. The fourth-order valence-electron chi connectivity index (χ4n) is 4.96. The molecular weight excluding hydrogens is 412 g/mol. The lowest BCUT2D eigenvalue weighted by Gasteiger charge is -2.34. The molecule has 0 saturated carbocycles. The molecule has 33 heavy (non-hydrogen) atoms. The quantitative estimate of drug-likeness (QED) is 0.563. The fourth-order valence-corrected chi connectivity index (χ4v) is 4.96. The van der Waals surface area contributed by atoms with E-state index in [2.05, 4.69) is 29.6 Å². The van der Waals surface area contributed by atoms with Crippen molar-refractivity contribution in [2.75, 3.05) is 18.5 Å². The zero-order valence-corrected chi connectivity index (χ0v) is 18.8. The van der Waals surface area contributed by atoms with Gasteiger partial charge in [0.2, 0.25) is 5.91 Å². The number of carbonyl (C=O) groups excluding carboxylic acids is 2. The van der Waals surface area contributed by atoms with Gasteiger partial charge in [0.1, 0.15) is 12.6 Å². The Balaban J connectivity index is 1.28. The number of fused-ring (bicyclic) bond motifs is 3. The molecule has 0 aromatic heterocycles. The van der Waals surface area contributed by atoms with Gasteiger partial charge in [0, 0.05) is 18.2 Å². The zero-order chi connectivity index (χ0) is 22.8. The van der Waals surface area contributed by atoms with Crippen LogP contribution in [-0.2, 0) is 9.53 Å². The summed E-state index contributed by atoms with van der Waals surface area (Å²) >= 11 is 0. The Labute approximate surface area is 194 Å². The maximum Gasteiger partial charge on any atom is 0.410 e. The number of hydrogen-bond donors (Lipinski definition) is 1. The number of nitrogens with zero attached hydrogens (tertiary/aromatic N) is 1. The van der Waals surface area contributed by atoms with Gasteiger partial charge in [-0.05, 0) is 60.6 Å². The van der Waals surface area contributed by atoms with Gasteiger partial charge in [0.05, 0.1) is 0 Å². The molecular formula is C28H28N2O3. The van der Waals surface area contributed by atoms with E-state index in [9.17, 15) is 9.59 Å². The summed E-state index contributed by atoms with van der Waals surface area (Å²) in [5.41, 5.74) is 6.62. The number of hydrogen-bond acceptors (Lipinski definition) is 3. The highest BCUT2D eigenvalue weighted by molar-refractivity contribution is 5.96. The molecule has 1 aliphatic carbocycles. The van der Waals surface area contributed by atoms with Crippen molar-refractivity contribution in [3.05, 3.63) is 89.5 Å². The van der Waals surface area contributed by atoms with E-state index in [-0.39, 0.29) is 18.4 Å². The summed E-state index contributed by atoms with van der Waals surface area (Å²) in [7, 11) is 0. The summed E-state index contributed by atoms with van der Waals surface area (Å²) in [6.45, 7) is 2.80. The van der Waals surface area contributed by atoms with Gasteiger partial charge in [0.25, 0.3) is 0 Å². The Morgan fingerprint density at radius 2 is 1.55 bits per heavy atom. The Morgan fingerprint density at radius 1 is 0.909 bits per heavy atom. The van der Waals surface area contributed by atoms with Crippen molar-refractivity contribution in [3.63, 3.8) is 0 Å². The minimum Gasteiger partial charge on any atom is -0.448 e. The van der Waals surface area contributed by atoms with Crippen LogP contribution in [-0.4, -0.2) is 36.1 Å². The topological polar surface area (TPSA) is 58.6 Å². The molecule has 2 aliphatic rings. The Morgan fingerprint density at radius 3 is 2.21 bits per heavy atom. The van der Waals surface area contributed by atoms with Crippen molar-refractivity contribution in [1.82, 2.24) is 4.90 Å². The summed E-state index contributed by atoms with van der Waals surface area (Å²) < 4.78 is 5.83. The molecule has 2 amide bonds. The van der Waals surface area contributed by atoms with Crippen LogP contribution in [0.2, 0.25) is 0 Å². The molecule has 1 N–H and O–H groups in total. The monoisotopic (exact) mass is 440 g/mol. The molecule has 3 aromatic carbocycles. The average molecular weight is 441 g/mol. The van der Waals surface area contributed by atoms with Gasteiger partial charge in [0.15, 0.2) is 0 Å². The molecule has 3 aromatic rings. The fraction of sp³-hybridized carbons (Fsp3) is 0.286. The van der Waals surface area contributed by atoms with E-state index in [1.807, 2.05) is 55.5 Å². The lowest BCUT2D eigenvalue weighted by molar-refractivity contribution is -0.121. The molecule has 0 radical (unpaired) electrons. The molecule has 1 atom stereocenters. The summed E-state index contributed by atoms with van der Waals surface area (Å²) in [5.74, 6) is -0.155. The smallest absolute Gasteiger partial charge is 0.410 e. The molecule has 5 heteroatoms. The van der Waals surface area contributed by atoms with E-state index in [0.717, 1.165) is 24.1 Å². The maximum absolute atomic E-state index is 13.1. The molecule has 0 bridgehead atoms. The van der Waals surface area contributed by atoms with Crippen LogP contribution in [0.5, 0.6) is 0 Å². The summed E-state index contributed by atoms with van der Waals surface area (Å²) in [6, 6.07) is 23.7. The number of carbonyl (C=O) groups is 2. The minimum absolute atomic E-state index is 0.00553. The van der Waals surface area contributed by atoms with E-state index >= 15 is 0 Å². The molecule has 168 valence electrons. The number of aryl methyl sites for hydroxylation is 1. The number of piperidine rings is 1. The number of rotatable bonds is 4. The van der Waals surface area contributed by atoms with E-state index in [1.54, 1.807) is 4.90 Å². The van der Waals surface area contributed by atoms with Gasteiger partial charge in [-0.2, -0.15) is 0 Å². The molecule has 0 unspecified atom stereocenters. The number of nitrogens with one attached hydrogen (secondary N) is 1. The SMILES string of the molecule is Cc1ccc(NC(=O)[C@H]2CCCCN2C(=O)OCC2c3ccccc3-c3ccccc32)cc1. The number of ether oxygens (including phenoxy) is 1. The van der Waals surface area contributed by atoms with Crippen LogP contribution in [0.15, 0.2) is 72.8 Å². The molecule has 1 fully saturated rings. The summed E-state index contributed by atoms with van der Waals surface area (Å²) in [6.07, 6.45) is 2.01. The lowest BCUT2D eigenvalue weighted by Crippen LogP contribution is -2.50. The van der Waals surface area contributed by atoms with Crippen LogP contribution < -0.4 is 5.32 Å². The lowest BCUT2D eigenvalue weighted by atomic mass is 9.98. The molecule has 1 saturated heterocycles. The predicted octanol–water partition coefficient (Wildman–Crippen LogP) is 5.74. The average Bonchev–Trinajstić information content (AvgIpc) is 3.17. The molecule has 5 nitrogen and oxygen atoms in total. The normalized spacial score (nSPS) is 17.2. The van der Waals surface area contributed by atoms with Gasteiger partial charge in [-0.1, -0.05) is 66.2 Å². The van der Waals surface area contributed by atoms with Gasteiger partial charge in [-0.3, -0.25) is 9.69 Å². The zero-order valence-electron chi connectivity index (χ0n) is 18.8. The van der Waals surface area contributed by atoms with E-state index in [4.69, 9.17) is 4.74 Å². The van der Waals surface area contributed by atoms with E-state index in [0.29, 0.717) is 13.0 Å². The van der Waals surface area contributed by atoms with Gasteiger partial charge < -0.3 is 10.1 Å². The Bertz CT molecular complexity index is 1130. The molecule has 1 aliphatic heterocycles. The van der Waals surface area contributed by atoms with Gasteiger partial charge in [-0.15, -0.1) is 0 Å². The standard InChI is InChI=1S/C28H28N2O3/c1-19-13-15-20(16-14-19)29-27(31)26-12-6-7-17-30(26)28(32)33-18-25-23-10-4-2-8-21(23)22-9-3-5-11-24(22)25/h2-5,8-11,13-16,25-26H,6-7,12,17-18H2,1H3,(H,29,31)/t26-/m1/s1. The van der Waals surface area contributed by atoms with Gasteiger partial charge >= 0.3 is 6.09 Å². The second-order valence-corrected chi connectivity index (χ2v) is 8.86. The number of benzene rings is 3. The van der Waals surface area contributed by atoms with Crippen molar-refractivity contribution >= 4 is 17.7 Å². The minimum atomic E-state index is -0.518. The first-order valence-corrected chi connectivity index (χ1v) is 11.6. The first kappa shape index (κ1) is 21.3. The van der Waals surface area contributed by atoms with Crippen LogP contribution >= 0.6 is 0 Å². The van der Waals surface area contributed by atoms with Crippen LogP contribution in [0, 0.1) is 6.92 Å².